The Balaban J connectivity index is 2.42. The minimum absolute atomic E-state index is 0.0227. The Bertz CT molecular complexity index is 331. The monoisotopic (exact) mass is 249 g/mol. The molecule has 102 valence electrons. The number of aryl methyl sites for hydroxylation is 1. The van der Waals surface area contributed by atoms with Crippen LogP contribution in [0.15, 0.2) is 24.3 Å². The van der Waals surface area contributed by atoms with Gasteiger partial charge in [-0.1, -0.05) is 45.0 Å². The number of rotatable bonds is 7. The molecule has 1 aromatic carbocycles. The second-order valence-corrected chi connectivity index (χ2v) is 5.48. The summed E-state index contributed by atoms with van der Waals surface area (Å²) in [5.74, 6) is 0.667. The zero-order chi connectivity index (χ0) is 13.5. The zero-order valence-electron chi connectivity index (χ0n) is 12.1. The van der Waals surface area contributed by atoms with Crippen LogP contribution in [0.4, 0.5) is 0 Å². The molecule has 0 amide bonds. The van der Waals surface area contributed by atoms with Gasteiger partial charge in [0.25, 0.3) is 0 Å². The maximum absolute atomic E-state index is 6.14. The van der Waals surface area contributed by atoms with Crippen molar-refractivity contribution in [3.05, 3.63) is 35.4 Å². The summed E-state index contributed by atoms with van der Waals surface area (Å²) in [6, 6.07) is 8.49. The van der Waals surface area contributed by atoms with Crippen LogP contribution in [-0.4, -0.2) is 12.7 Å². The molecule has 0 heterocycles. The maximum Gasteiger partial charge on any atom is 0.0662 e. The SMILES string of the molecule is CCc1ccc(C(N)COC(C)CC(C)C)cc1. The average molecular weight is 249 g/mol. The van der Waals surface area contributed by atoms with Gasteiger partial charge in [-0.25, -0.2) is 0 Å². The Morgan fingerprint density at radius 1 is 1.11 bits per heavy atom. The van der Waals surface area contributed by atoms with Gasteiger partial charge in [-0.05, 0) is 36.8 Å². The summed E-state index contributed by atoms with van der Waals surface area (Å²) in [4.78, 5) is 0. The van der Waals surface area contributed by atoms with Gasteiger partial charge in [-0.3, -0.25) is 0 Å². The van der Waals surface area contributed by atoms with Crippen LogP contribution in [0.3, 0.4) is 0 Å². The van der Waals surface area contributed by atoms with E-state index in [0.717, 1.165) is 18.4 Å². The summed E-state index contributed by atoms with van der Waals surface area (Å²) in [5.41, 5.74) is 8.64. The minimum atomic E-state index is -0.0227. The molecule has 2 nitrogen and oxygen atoms in total. The van der Waals surface area contributed by atoms with Gasteiger partial charge < -0.3 is 10.5 Å². The minimum Gasteiger partial charge on any atom is -0.377 e. The lowest BCUT2D eigenvalue weighted by Crippen LogP contribution is -2.21. The molecule has 0 aliphatic carbocycles. The molecule has 0 bridgehead atoms. The molecule has 0 aromatic heterocycles. The van der Waals surface area contributed by atoms with Crippen LogP contribution in [0.25, 0.3) is 0 Å². The Morgan fingerprint density at radius 3 is 2.22 bits per heavy atom. The van der Waals surface area contributed by atoms with Crippen molar-refractivity contribution >= 4 is 0 Å². The largest absolute Gasteiger partial charge is 0.377 e. The highest BCUT2D eigenvalue weighted by Gasteiger charge is 2.10. The number of nitrogens with two attached hydrogens (primary N) is 1. The number of hydrogen-bond acceptors (Lipinski definition) is 2. The van der Waals surface area contributed by atoms with Gasteiger partial charge in [0.15, 0.2) is 0 Å². The highest BCUT2D eigenvalue weighted by Crippen LogP contribution is 2.15. The molecule has 0 fully saturated rings. The first-order valence-corrected chi connectivity index (χ1v) is 6.99. The maximum atomic E-state index is 6.14. The van der Waals surface area contributed by atoms with Crippen molar-refractivity contribution in [1.82, 2.24) is 0 Å². The van der Waals surface area contributed by atoms with Gasteiger partial charge in [0.2, 0.25) is 0 Å². The molecule has 1 aromatic rings. The fourth-order valence-electron chi connectivity index (χ4n) is 2.10. The summed E-state index contributed by atoms with van der Waals surface area (Å²) in [5, 5.41) is 0. The van der Waals surface area contributed by atoms with E-state index in [4.69, 9.17) is 10.5 Å². The Hall–Kier alpha value is -0.860. The summed E-state index contributed by atoms with van der Waals surface area (Å²) in [7, 11) is 0. The summed E-state index contributed by atoms with van der Waals surface area (Å²) >= 11 is 0. The van der Waals surface area contributed by atoms with Crippen molar-refractivity contribution in [3.63, 3.8) is 0 Å². The van der Waals surface area contributed by atoms with Gasteiger partial charge in [-0.2, -0.15) is 0 Å². The predicted molar refractivity (Wildman–Crippen MR) is 77.6 cm³/mol. The molecule has 2 atom stereocenters. The van der Waals surface area contributed by atoms with Crippen molar-refractivity contribution < 1.29 is 4.74 Å². The normalized spacial score (nSPS) is 14.8. The third-order valence-electron chi connectivity index (χ3n) is 3.18. The van der Waals surface area contributed by atoms with E-state index in [1.54, 1.807) is 0 Å². The van der Waals surface area contributed by atoms with E-state index in [2.05, 4.69) is 52.0 Å². The molecule has 0 saturated heterocycles. The lowest BCUT2D eigenvalue weighted by molar-refractivity contribution is 0.0430. The van der Waals surface area contributed by atoms with Crippen LogP contribution in [0.2, 0.25) is 0 Å². The molecule has 0 aliphatic rings. The van der Waals surface area contributed by atoms with Crippen molar-refractivity contribution in [2.24, 2.45) is 11.7 Å². The van der Waals surface area contributed by atoms with E-state index < -0.39 is 0 Å². The lowest BCUT2D eigenvalue weighted by Gasteiger charge is -2.19. The van der Waals surface area contributed by atoms with Crippen LogP contribution in [0, 0.1) is 5.92 Å². The first-order valence-electron chi connectivity index (χ1n) is 6.99. The fraction of sp³-hybridized carbons (Fsp3) is 0.625. The Kier molecular flexibility index (Phi) is 6.37. The van der Waals surface area contributed by atoms with Crippen molar-refractivity contribution in [1.29, 1.82) is 0 Å². The van der Waals surface area contributed by atoms with E-state index >= 15 is 0 Å². The third kappa shape index (κ3) is 5.19. The average Bonchev–Trinajstić information content (AvgIpc) is 2.35. The smallest absolute Gasteiger partial charge is 0.0662 e. The van der Waals surface area contributed by atoms with E-state index in [-0.39, 0.29) is 12.1 Å². The number of ether oxygens (including phenoxy) is 1. The Morgan fingerprint density at radius 2 is 1.72 bits per heavy atom. The quantitative estimate of drug-likeness (QED) is 0.799. The van der Waals surface area contributed by atoms with Crippen molar-refractivity contribution in [3.8, 4) is 0 Å². The van der Waals surface area contributed by atoms with Crippen LogP contribution in [-0.2, 0) is 11.2 Å². The number of hydrogen-bond donors (Lipinski definition) is 1. The van der Waals surface area contributed by atoms with Crippen molar-refractivity contribution in [2.45, 2.75) is 52.7 Å². The van der Waals surface area contributed by atoms with Crippen LogP contribution in [0.1, 0.15) is 51.3 Å². The van der Waals surface area contributed by atoms with E-state index in [1.807, 2.05) is 0 Å². The molecule has 0 saturated carbocycles. The summed E-state index contributed by atoms with van der Waals surface area (Å²) < 4.78 is 5.80. The van der Waals surface area contributed by atoms with E-state index in [0.29, 0.717) is 12.5 Å². The topological polar surface area (TPSA) is 35.2 Å². The standard InChI is InChI=1S/C16H27NO/c1-5-14-6-8-15(9-7-14)16(17)11-18-13(4)10-12(2)3/h6-9,12-13,16H,5,10-11,17H2,1-4H3. The first kappa shape index (κ1) is 15.2. The molecule has 1 rings (SSSR count). The van der Waals surface area contributed by atoms with Gasteiger partial charge in [0, 0.05) is 0 Å². The molecule has 0 radical (unpaired) electrons. The molecule has 0 aliphatic heterocycles. The van der Waals surface area contributed by atoms with E-state index in [9.17, 15) is 0 Å². The highest BCUT2D eigenvalue weighted by molar-refractivity contribution is 5.24. The van der Waals surface area contributed by atoms with Crippen LogP contribution >= 0.6 is 0 Å². The summed E-state index contributed by atoms with van der Waals surface area (Å²) in [6.07, 6.45) is 2.44. The van der Waals surface area contributed by atoms with Gasteiger partial charge in [0.05, 0.1) is 18.8 Å². The van der Waals surface area contributed by atoms with Crippen molar-refractivity contribution in [2.75, 3.05) is 6.61 Å². The summed E-state index contributed by atoms with van der Waals surface area (Å²) in [6.45, 7) is 9.30. The molecule has 2 unspecified atom stereocenters. The van der Waals surface area contributed by atoms with Gasteiger partial charge >= 0.3 is 0 Å². The molecular weight excluding hydrogens is 222 g/mol. The fourth-order valence-corrected chi connectivity index (χ4v) is 2.10. The molecule has 18 heavy (non-hydrogen) atoms. The molecular formula is C16H27NO. The molecule has 2 heteroatoms. The second-order valence-electron chi connectivity index (χ2n) is 5.48. The third-order valence-corrected chi connectivity index (χ3v) is 3.18. The Labute approximate surface area is 112 Å². The van der Waals surface area contributed by atoms with Crippen LogP contribution < -0.4 is 5.73 Å². The first-order chi connectivity index (χ1) is 8.52. The number of benzene rings is 1. The van der Waals surface area contributed by atoms with Gasteiger partial charge in [-0.15, -0.1) is 0 Å². The zero-order valence-corrected chi connectivity index (χ0v) is 12.1. The molecule has 2 N–H and O–H groups in total. The molecule has 0 spiro atoms. The second kappa shape index (κ2) is 7.55. The van der Waals surface area contributed by atoms with Gasteiger partial charge in [0.1, 0.15) is 0 Å². The highest BCUT2D eigenvalue weighted by atomic mass is 16.5. The van der Waals surface area contributed by atoms with E-state index in [1.165, 1.54) is 5.56 Å². The van der Waals surface area contributed by atoms with Crippen LogP contribution in [0.5, 0.6) is 0 Å². The lowest BCUT2D eigenvalue weighted by atomic mass is 10.0. The predicted octanol–water partition coefficient (Wildman–Crippen LogP) is 3.70.